The van der Waals surface area contributed by atoms with Crippen LogP contribution in [0, 0.1) is 17.8 Å². The highest BCUT2D eigenvalue weighted by Crippen LogP contribution is 2.48. The molecule has 2 bridgehead atoms. The van der Waals surface area contributed by atoms with Crippen LogP contribution in [0.1, 0.15) is 25.7 Å². The van der Waals surface area contributed by atoms with Crippen molar-refractivity contribution in [1.29, 1.82) is 0 Å². The lowest BCUT2D eigenvalue weighted by atomic mass is 9.88. The average molecular weight is 250 g/mol. The molecule has 2 aliphatic carbocycles. The Morgan fingerprint density at radius 2 is 1.94 bits per heavy atom. The summed E-state index contributed by atoms with van der Waals surface area (Å²) in [7, 11) is 0. The van der Waals surface area contributed by atoms with E-state index in [0.717, 1.165) is 18.0 Å². The lowest BCUT2D eigenvalue weighted by Crippen LogP contribution is -2.27. The summed E-state index contributed by atoms with van der Waals surface area (Å²) in [6.07, 6.45) is 4.92. The summed E-state index contributed by atoms with van der Waals surface area (Å²) < 4.78 is 0. The van der Waals surface area contributed by atoms with Gasteiger partial charge in [0.2, 0.25) is 5.91 Å². The van der Waals surface area contributed by atoms with Crippen LogP contribution in [0.3, 0.4) is 0 Å². The summed E-state index contributed by atoms with van der Waals surface area (Å²) in [6, 6.07) is 7.32. The molecule has 1 aromatic carbocycles. The number of hydrogen-bond donors (Lipinski definition) is 1. The quantitative estimate of drug-likeness (QED) is 0.851. The van der Waals surface area contributed by atoms with Crippen LogP contribution >= 0.6 is 11.6 Å². The Morgan fingerprint density at radius 3 is 2.53 bits per heavy atom. The Labute approximate surface area is 106 Å². The molecule has 1 aromatic rings. The van der Waals surface area contributed by atoms with Gasteiger partial charge >= 0.3 is 0 Å². The number of hydrogen-bond acceptors (Lipinski definition) is 1. The first kappa shape index (κ1) is 11.1. The summed E-state index contributed by atoms with van der Waals surface area (Å²) in [5.74, 6) is 1.87. The van der Waals surface area contributed by atoms with Crippen LogP contribution in [0.2, 0.25) is 5.02 Å². The van der Waals surface area contributed by atoms with Gasteiger partial charge in [0.25, 0.3) is 0 Å². The Morgan fingerprint density at radius 1 is 1.18 bits per heavy atom. The van der Waals surface area contributed by atoms with Gasteiger partial charge in [-0.1, -0.05) is 18.0 Å². The van der Waals surface area contributed by atoms with Crippen LogP contribution < -0.4 is 5.32 Å². The minimum Gasteiger partial charge on any atom is -0.326 e. The smallest absolute Gasteiger partial charge is 0.227 e. The number of fused-ring (bicyclic) bond motifs is 2. The summed E-state index contributed by atoms with van der Waals surface area (Å²) in [5, 5.41) is 3.70. The Balaban J connectivity index is 1.65. The molecule has 0 spiro atoms. The maximum absolute atomic E-state index is 12.1. The Hall–Kier alpha value is -1.02. The number of anilines is 1. The highest BCUT2D eigenvalue weighted by Gasteiger charge is 2.42. The van der Waals surface area contributed by atoms with Crippen molar-refractivity contribution in [3.8, 4) is 0 Å². The first-order chi connectivity index (χ1) is 8.22. The van der Waals surface area contributed by atoms with Gasteiger partial charge < -0.3 is 5.32 Å². The van der Waals surface area contributed by atoms with Crippen LogP contribution in [0.4, 0.5) is 5.69 Å². The minimum absolute atomic E-state index is 0.194. The van der Waals surface area contributed by atoms with Crippen molar-refractivity contribution in [1.82, 2.24) is 0 Å². The fourth-order valence-electron chi connectivity index (χ4n) is 3.33. The van der Waals surface area contributed by atoms with E-state index in [4.69, 9.17) is 11.6 Å². The summed E-state index contributed by atoms with van der Waals surface area (Å²) in [6.45, 7) is 0. The van der Waals surface area contributed by atoms with E-state index in [1.807, 2.05) is 12.1 Å². The van der Waals surface area contributed by atoms with Crippen LogP contribution in [0.25, 0.3) is 0 Å². The van der Waals surface area contributed by atoms with E-state index in [-0.39, 0.29) is 11.8 Å². The van der Waals surface area contributed by atoms with Crippen molar-refractivity contribution in [2.45, 2.75) is 25.7 Å². The molecule has 2 aliphatic rings. The highest BCUT2D eigenvalue weighted by atomic mass is 35.5. The number of rotatable bonds is 2. The molecule has 3 rings (SSSR count). The van der Waals surface area contributed by atoms with Gasteiger partial charge in [-0.15, -0.1) is 0 Å². The van der Waals surface area contributed by atoms with Crippen molar-refractivity contribution >= 4 is 23.2 Å². The van der Waals surface area contributed by atoms with Gasteiger partial charge in [0, 0.05) is 16.6 Å². The van der Waals surface area contributed by atoms with E-state index >= 15 is 0 Å². The number of halogens is 1. The average Bonchev–Trinajstić information content (AvgIpc) is 2.94. The van der Waals surface area contributed by atoms with E-state index in [0.29, 0.717) is 10.9 Å². The predicted octanol–water partition coefficient (Wildman–Crippen LogP) is 3.71. The van der Waals surface area contributed by atoms with Gasteiger partial charge in [0.1, 0.15) is 0 Å². The van der Waals surface area contributed by atoms with Crippen molar-refractivity contribution in [3.05, 3.63) is 29.3 Å². The van der Waals surface area contributed by atoms with E-state index in [9.17, 15) is 4.79 Å². The SMILES string of the molecule is O=C(Nc1ccc(Cl)cc1)[C@H]1C[C@H]2CC[C@H]1C2. The van der Waals surface area contributed by atoms with Crippen molar-refractivity contribution < 1.29 is 4.79 Å². The molecule has 2 saturated carbocycles. The molecule has 17 heavy (non-hydrogen) atoms. The monoisotopic (exact) mass is 249 g/mol. The molecule has 0 heterocycles. The molecule has 0 aromatic heterocycles. The number of carbonyl (C=O) groups excluding carboxylic acids is 1. The summed E-state index contributed by atoms with van der Waals surface area (Å²) >= 11 is 5.81. The van der Waals surface area contributed by atoms with Gasteiger partial charge in [-0.2, -0.15) is 0 Å². The standard InChI is InChI=1S/C14H16ClNO/c15-11-3-5-12(6-4-11)16-14(17)13-8-9-1-2-10(13)7-9/h3-6,9-10,13H,1-2,7-8H2,(H,16,17)/t9-,10-,13-/m0/s1. The van der Waals surface area contributed by atoms with Gasteiger partial charge in [0.05, 0.1) is 0 Å². The second-order valence-corrected chi connectivity index (χ2v) is 5.71. The maximum Gasteiger partial charge on any atom is 0.227 e. The molecule has 3 atom stereocenters. The third-order valence-electron chi connectivity index (χ3n) is 4.19. The molecule has 3 heteroatoms. The van der Waals surface area contributed by atoms with E-state index in [1.165, 1.54) is 19.3 Å². The maximum atomic E-state index is 12.1. The summed E-state index contributed by atoms with van der Waals surface area (Å²) in [5.41, 5.74) is 0.849. The lowest BCUT2D eigenvalue weighted by molar-refractivity contribution is -0.121. The van der Waals surface area contributed by atoms with Crippen molar-refractivity contribution in [2.24, 2.45) is 17.8 Å². The second-order valence-electron chi connectivity index (χ2n) is 5.28. The molecule has 0 unspecified atom stereocenters. The number of amides is 1. The fraction of sp³-hybridized carbons (Fsp3) is 0.500. The van der Waals surface area contributed by atoms with Crippen LogP contribution in [-0.4, -0.2) is 5.91 Å². The normalized spacial score (nSPS) is 30.5. The predicted molar refractivity (Wildman–Crippen MR) is 69.0 cm³/mol. The third-order valence-corrected chi connectivity index (χ3v) is 4.44. The van der Waals surface area contributed by atoms with Crippen LogP contribution in [0.15, 0.2) is 24.3 Å². The van der Waals surface area contributed by atoms with Gasteiger partial charge in [0.15, 0.2) is 0 Å². The first-order valence-corrected chi connectivity index (χ1v) is 6.66. The van der Waals surface area contributed by atoms with E-state index in [1.54, 1.807) is 12.1 Å². The largest absolute Gasteiger partial charge is 0.326 e. The van der Waals surface area contributed by atoms with Gasteiger partial charge in [-0.25, -0.2) is 0 Å². The summed E-state index contributed by atoms with van der Waals surface area (Å²) in [4.78, 5) is 12.1. The molecule has 2 fully saturated rings. The molecule has 2 nitrogen and oxygen atoms in total. The molecule has 1 amide bonds. The molecular weight excluding hydrogens is 234 g/mol. The molecule has 1 N–H and O–H groups in total. The number of benzene rings is 1. The zero-order valence-electron chi connectivity index (χ0n) is 9.66. The third kappa shape index (κ3) is 2.19. The molecule has 0 saturated heterocycles. The first-order valence-electron chi connectivity index (χ1n) is 6.29. The van der Waals surface area contributed by atoms with Crippen molar-refractivity contribution in [3.63, 3.8) is 0 Å². The highest BCUT2D eigenvalue weighted by molar-refractivity contribution is 6.30. The topological polar surface area (TPSA) is 29.1 Å². The zero-order chi connectivity index (χ0) is 11.8. The van der Waals surface area contributed by atoms with Crippen LogP contribution in [0.5, 0.6) is 0 Å². The van der Waals surface area contributed by atoms with E-state index < -0.39 is 0 Å². The number of nitrogens with one attached hydrogen (secondary N) is 1. The molecular formula is C14H16ClNO. The van der Waals surface area contributed by atoms with E-state index in [2.05, 4.69) is 5.32 Å². The number of carbonyl (C=O) groups is 1. The van der Waals surface area contributed by atoms with Crippen LogP contribution in [-0.2, 0) is 4.79 Å². The van der Waals surface area contributed by atoms with Gasteiger partial charge in [-0.05, 0) is 55.4 Å². The Bertz CT molecular complexity index is 428. The zero-order valence-corrected chi connectivity index (χ0v) is 10.4. The molecule has 90 valence electrons. The minimum atomic E-state index is 0.194. The van der Waals surface area contributed by atoms with Gasteiger partial charge in [-0.3, -0.25) is 4.79 Å². The fourth-order valence-corrected chi connectivity index (χ4v) is 3.46. The molecule has 0 aliphatic heterocycles. The molecule has 0 radical (unpaired) electrons. The lowest BCUT2D eigenvalue weighted by Gasteiger charge is -2.20. The van der Waals surface area contributed by atoms with Crippen molar-refractivity contribution in [2.75, 3.05) is 5.32 Å². The Kier molecular flexibility index (Phi) is 2.83. The second kappa shape index (κ2) is 4.34.